The fraction of sp³-hybridized carbons (Fsp3) is 0.269. The predicted octanol–water partition coefficient (Wildman–Crippen LogP) is 3.88. The molecular formula is C26H30ClN3O4S. The van der Waals surface area contributed by atoms with Crippen molar-refractivity contribution in [3.05, 3.63) is 92.6 Å². The third-order valence-electron chi connectivity index (χ3n) is 5.70. The molecule has 0 aliphatic carbocycles. The maximum absolute atomic E-state index is 11.7. The summed E-state index contributed by atoms with van der Waals surface area (Å²) in [7, 11) is 1.68. The van der Waals surface area contributed by atoms with Crippen LogP contribution in [0.1, 0.15) is 28.4 Å². The summed E-state index contributed by atoms with van der Waals surface area (Å²) in [6.45, 7) is 2.55. The number of aromatic nitrogens is 1. The number of fused-ring (bicyclic) bond motifs is 1. The minimum absolute atomic E-state index is 0. The highest BCUT2D eigenvalue weighted by Crippen LogP contribution is 2.31. The number of aliphatic hydroxyl groups is 1. The van der Waals surface area contributed by atoms with Gasteiger partial charge in [0.2, 0.25) is 0 Å². The fourth-order valence-corrected chi connectivity index (χ4v) is 4.89. The van der Waals surface area contributed by atoms with Gasteiger partial charge in [-0.2, -0.15) is 0 Å². The first kappa shape index (κ1) is 26.7. The van der Waals surface area contributed by atoms with E-state index < -0.39 is 6.10 Å². The van der Waals surface area contributed by atoms with E-state index >= 15 is 0 Å². The summed E-state index contributed by atoms with van der Waals surface area (Å²) in [6, 6.07) is 19.6. The molecule has 0 aliphatic rings. The molecular weight excluding hydrogens is 486 g/mol. The van der Waals surface area contributed by atoms with E-state index in [1.54, 1.807) is 13.2 Å². The van der Waals surface area contributed by atoms with Crippen LogP contribution in [0.15, 0.2) is 65.5 Å². The largest absolute Gasteiger partial charge is 0.506 e. The zero-order valence-electron chi connectivity index (χ0n) is 19.4. The number of halogens is 1. The Balaban J connectivity index is 0.00000342. The van der Waals surface area contributed by atoms with Crippen LogP contribution in [0.5, 0.6) is 11.5 Å². The van der Waals surface area contributed by atoms with Crippen molar-refractivity contribution in [3.63, 3.8) is 0 Å². The van der Waals surface area contributed by atoms with E-state index in [9.17, 15) is 15.0 Å². The summed E-state index contributed by atoms with van der Waals surface area (Å²) in [5, 5.41) is 27.3. The van der Waals surface area contributed by atoms with Gasteiger partial charge in [0.1, 0.15) is 17.0 Å². The van der Waals surface area contributed by atoms with Crippen molar-refractivity contribution >= 4 is 34.0 Å². The van der Waals surface area contributed by atoms with Gasteiger partial charge in [0, 0.05) is 30.8 Å². The molecule has 3 aromatic carbocycles. The molecule has 186 valence electrons. The van der Waals surface area contributed by atoms with E-state index in [0.29, 0.717) is 28.9 Å². The minimum atomic E-state index is -0.778. The predicted molar refractivity (Wildman–Crippen MR) is 143 cm³/mol. The van der Waals surface area contributed by atoms with Gasteiger partial charge in [-0.3, -0.25) is 4.79 Å². The third kappa shape index (κ3) is 6.84. The lowest BCUT2D eigenvalue weighted by Crippen LogP contribution is -2.24. The Morgan fingerprint density at radius 1 is 1.03 bits per heavy atom. The van der Waals surface area contributed by atoms with E-state index in [1.165, 1.54) is 17.2 Å². The molecule has 5 N–H and O–H groups in total. The molecule has 0 amide bonds. The van der Waals surface area contributed by atoms with Crippen LogP contribution in [-0.4, -0.2) is 35.4 Å². The smallest absolute Gasteiger partial charge is 0.305 e. The maximum atomic E-state index is 11.7. The Morgan fingerprint density at radius 3 is 2.66 bits per heavy atom. The second kappa shape index (κ2) is 12.7. The van der Waals surface area contributed by atoms with Crippen molar-refractivity contribution in [1.29, 1.82) is 0 Å². The number of aromatic amines is 1. The Hall–Kier alpha value is -2.88. The van der Waals surface area contributed by atoms with Gasteiger partial charge in [0.15, 0.2) is 0 Å². The number of aliphatic hydroxyl groups excluding tert-OH is 1. The lowest BCUT2D eigenvalue weighted by atomic mass is 10.1. The summed E-state index contributed by atoms with van der Waals surface area (Å²) < 4.78 is 5.99. The van der Waals surface area contributed by atoms with Crippen LogP contribution >= 0.6 is 23.7 Å². The van der Waals surface area contributed by atoms with Crippen molar-refractivity contribution in [3.8, 4) is 11.5 Å². The summed E-state index contributed by atoms with van der Waals surface area (Å²) in [5.74, 6) is 0.894. The highest BCUT2D eigenvalue weighted by atomic mass is 35.5. The molecule has 0 saturated heterocycles. The van der Waals surface area contributed by atoms with Crippen molar-refractivity contribution in [2.45, 2.75) is 25.6 Å². The van der Waals surface area contributed by atoms with Gasteiger partial charge >= 0.3 is 4.87 Å². The quantitative estimate of drug-likeness (QED) is 0.194. The molecule has 1 heterocycles. The van der Waals surface area contributed by atoms with Crippen molar-refractivity contribution in [2.75, 3.05) is 20.2 Å². The summed E-state index contributed by atoms with van der Waals surface area (Å²) in [6.07, 6.45) is 0.0512. The molecule has 4 aromatic rings. The number of aromatic hydroxyl groups is 1. The second-order valence-electron chi connectivity index (χ2n) is 8.10. The van der Waals surface area contributed by atoms with Crippen LogP contribution in [0.25, 0.3) is 10.2 Å². The molecule has 1 aromatic heterocycles. The number of phenols is 1. The highest BCUT2D eigenvalue weighted by molar-refractivity contribution is 7.16. The molecule has 0 saturated carbocycles. The van der Waals surface area contributed by atoms with Crippen LogP contribution in [0.3, 0.4) is 0 Å². The average Bonchev–Trinajstić information content (AvgIpc) is 3.25. The van der Waals surface area contributed by atoms with Crippen molar-refractivity contribution in [1.82, 2.24) is 15.6 Å². The van der Waals surface area contributed by atoms with E-state index in [-0.39, 0.29) is 23.0 Å². The Kier molecular flexibility index (Phi) is 9.71. The van der Waals surface area contributed by atoms with Gasteiger partial charge in [-0.25, -0.2) is 0 Å². The number of H-pyrrole nitrogens is 1. The van der Waals surface area contributed by atoms with Crippen LogP contribution in [0, 0.1) is 0 Å². The molecule has 0 unspecified atom stereocenters. The van der Waals surface area contributed by atoms with E-state index in [4.69, 9.17) is 4.74 Å². The molecule has 9 heteroatoms. The van der Waals surface area contributed by atoms with E-state index in [2.05, 4.69) is 45.9 Å². The Morgan fingerprint density at radius 2 is 1.83 bits per heavy atom. The van der Waals surface area contributed by atoms with Gasteiger partial charge in [0.05, 0.1) is 17.9 Å². The van der Waals surface area contributed by atoms with Crippen LogP contribution in [0.2, 0.25) is 0 Å². The number of hydrogen-bond donors (Lipinski definition) is 5. The first-order valence-corrected chi connectivity index (χ1v) is 12.0. The fourth-order valence-electron chi connectivity index (χ4n) is 3.97. The number of thiazole rings is 1. The maximum Gasteiger partial charge on any atom is 0.305 e. The number of methoxy groups -OCH3 is 1. The summed E-state index contributed by atoms with van der Waals surface area (Å²) in [5.41, 5.74) is 4.56. The topological polar surface area (TPSA) is 107 Å². The molecule has 4 rings (SSSR count). The SMILES string of the molecule is COc1ccccc1CNCc1cccc(CCNC[C@H](O)c2ccc(O)c3[nH]c(=O)sc23)c1.Cl. The zero-order chi connectivity index (χ0) is 23.9. The first-order valence-electron chi connectivity index (χ1n) is 11.2. The molecule has 0 aliphatic heterocycles. The van der Waals surface area contributed by atoms with Crippen LogP contribution < -0.4 is 20.2 Å². The van der Waals surface area contributed by atoms with Gasteiger partial charge in [-0.15, -0.1) is 12.4 Å². The number of phenolic OH excluding ortho intramolecular Hbond substituents is 1. The average molecular weight is 516 g/mol. The third-order valence-corrected chi connectivity index (χ3v) is 6.64. The lowest BCUT2D eigenvalue weighted by molar-refractivity contribution is 0.176. The van der Waals surface area contributed by atoms with Gasteiger partial charge in [-0.1, -0.05) is 59.9 Å². The number of rotatable bonds is 11. The van der Waals surface area contributed by atoms with Crippen LogP contribution in [-0.2, 0) is 19.5 Å². The number of benzene rings is 3. The Bertz CT molecular complexity index is 1310. The summed E-state index contributed by atoms with van der Waals surface area (Å²) in [4.78, 5) is 14.0. The highest BCUT2D eigenvalue weighted by Gasteiger charge is 2.15. The van der Waals surface area contributed by atoms with Crippen molar-refractivity contribution < 1.29 is 14.9 Å². The van der Waals surface area contributed by atoms with Gasteiger partial charge in [0.25, 0.3) is 0 Å². The molecule has 7 nitrogen and oxygen atoms in total. The lowest BCUT2D eigenvalue weighted by Gasteiger charge is -2.14. The van der Waals surface area contributed by atoms with Gasteiger partial charge in [-0.05, 0) is 36.2 Å². The number of hydrogen-bond acceptors (Lipinski definition) is 7. The first-order chi connectivity index (χ1) is 16.5. The second-order valence-corrected chi connectivity index (χ2v) is 9.08. The van der Waals surface area contributed by atoms with E-state index in [0.717, 1.165) is 42.2 Å². The Labute approximate surface area is 214 Å². The van der Waals surface area contributed by atoms with E-state index in [1.807, 2.05) is 18.2 Å². The molecule has 35 heavy (non-hydrogen) atoms. The standard InChI is InChI=1S/C26H29N3O4S.ClH/c1-33-23-8-3-2-7-19(23)15-28-14-18-6-4-5-17(13-18)11-12-27-16-22(31)20-9-10-21(30)24-25(20)34-26(32)29-24;/h2-10,13,22,27-28,30-31H,11-12,14-16H2,1H3,(H,29,32);1H/t22-;/m0./s1. The number of para-hydroxylation sites is 1. The molecule has 0 bridgehead atoms. The molecule has 0 spiro atoms. The van der Waals surface area contributed by atoms with Gasteiger partial charge < -0.3 is 30.6 Å². The van der Waals surface area contributed by atoms with Crippen molar-refractivity contribution in [2.24, 2.45) is 0 Å². The summed E-state index contributed by atoms with van der Waals surface area (Å²) >= 11 is 0.994. The normalized spacial score (nSPS) is 11.8. The van der Waals surface area contributed by atoms with Crippen LogP contribution in [0.4, 0.5) is 0 Å². The molecule has 0 fully saturated rings. The zero-order valence-corrected chi connectivity index (χ0v) is 21.0. The monoisotopic (exact) mass is 515 g/mol. The minimum Gasteiger partial charge on any atom is -0.506 e. The number of ether oxygens (including phenoxy) is 1. The number of nitrogens with one attached hydrogen (secondary N) is 3. The molecule has 1 atom stereocenters. The molecule has 0 radical (unpaired) electrons.